The number of halogens is 4. The Bertz CT molecular complexity index is 694. The van der Waals surface area contributed by atoms with E-state index in [9.17, 15) is 17.4 Å². The van der Waals surface area contributed by atoms with Crippen molar-refractivity contribution < 1.29 is 17.4 Å². The summed E-state index contributed by atoms with van der Waals surface area (Å²) in [7, 11) is -1.78. The molecule has 106 valence electrons. The normalized spacial score (nSPS) is 12.4. The Morgan fingerprint density at radius 1 is 1.15 bits per heavy atom. The molecular weight excluding hydrogens is 355 g/mol. The zero-order chi connectivity index (χ0) is 14.9. The van der Waals surface area contributed by atoms with E-state index in [2.05, 4.69) is 15.9 Å². The van der Waals surface area contributed by atoms with Gasteiger partial charge in [0.15, 0.2) is 0 Å². The lowest BCUT2D eigenvalue weighted by Gasteiger charge is -2.08. The van der Waals surface area contributed by atoms with Gasteiger partial charge in [-0.1, -0.05) is 0 Å². The van der Waals surface area contributed by atoms with Gasteiger partial charge in [-0.15, -0.1) is 0 Å². The fraction of sp³-hybridized carbons (Fsp3) is 0.0769. The molecule has 0 saturated carbocycles. The SMILES string of the molecule is Nc1cc(F)ccc1S(=O)Cc1c(F)ccc(Br)c1F. The van der Waals surface area contributed by atoms with Crippen LogP contribution in [0.1, 0.15) is 5.56 Å². The van der Waals surface area contributed by atoms with Gasteiger partial charge in [0.1, 0.15) is 17.5 Å². The van der Waals surface area contributed by atoms with E-state index in [1.807, 2.05) is 0 Å². The van der Waals surface area contributed by atoms with Crippen molar-refractivity contribution in [1.82, 2.24) is 0 Å². The first kappa shape index (κ1) is 15.1. The molecule has 0 bridgehead atoms. The van der Waals surface area contributed by atoms with Gasteiger partial charge in [0.2, 0.25) is 0 Å². The highest BCUT2D eigenvalue weighted by Gasteiger charge is 2.17. The topological polar surface area (TPSA) is 43.1 Å². The van der Waals surface area contributed by atoms with Crippen molar-refractivity contribution in [1.29, 1.82) is 0 Å². The standard InChI is InChI=1S/C13H9BrF3NOS/c14-9-2-3-10(16)8(13(9)17)6-20(19)12-4-1-7(15)5-11(12)18/h1-5H,6,18H2. The Balaban J connectivity index is 2.35. The van der Waals surface area contributed by atoms with Gasteiger partial charge in [0.05, 0.1) is 31.6 Å². The number of anilines is 1. The van der Waals surface area contributed by atoms with E-state index in [1.165, 1.54) is 12.1 Å². The molecule has 0 aliphatic heterocycles. The Hall–Kier alpha value is -1.34. The second-order valence-corrected chi connectivity index (χ2v) is 6.27. The molecule has 2 rings (SSSR count). The van der Waals surface area contributed by atoms with Crippen molar-refractivity contribution in [3.63, 3.8) is 0 Å². The van der Waals surface area contributed by atoms with Crippen LogP contribution in [0.25, 0.3) is 0 Å². The van der Waals surface area contributed by atoms with E-state index in [0.717, 1.165) is 18.2 Å². The number of hydrogen-bond donors (Lipinski definition) is 1. The van der Waals surface area contributed by atoms with Crippen LogP contribution in [0.2, 0.25) is 0 Å². The Kier molecular flexibility index (Phi) is 4.49. The summed E-state index contributed by atoms with van der Waals surface area (Å²) in [5.41, 5.74) is 5.23. The molecule has 0 fully saturated rings. The third-order valence-electron chi connectivity index (χ3n) is 2.63. The number of hydrogen-bond acceptors (Lipinski definition) is 2. The zero-order valence-electron chi connectivity index (χ0n) is 10.00. The van der Waals surface area contributed by atoms with Crippen molar-refractivity contribution in [3.05, 3.63) is 57.8 Å². The molecule has 7 heteroatoms. The molecule has 2 aromatic rings. The Labute approximate surface area is 124 Å². The van der Waals surface area contributed by atoms with E-state index in [0.29, 0.717) is 0 Å². The molecule has 0 aliphatic rings. The molecule has 0 aliphatic carbocycles. The van der Waals surface area contributed by atoms with Gasteiger partial charge < -0.3 is 5.73 Å². The van der Waals surface area contributed by atoms with E-state index in [-0.39, 0.29) is 26.4 Å². The summed E-state index contributed by atoms with van der Waals surface area (Å²) in [4.78, 5) is 0.144. The van der Waals surface area contributed by atoms with Crippen molar-refractivity contribution in [2.45, 2.75) is 10.6 Å². The molecule has 2 N–H and O–H groups in total. The van der Waals surface area contributed by atoms with E-state index in [1.54, 1.807) is 0 Å². The van der Waals surface area contributed by atoms with E-state index < -0.39 is 28.3 Å². The smallest absolute Gasteiger partial charge is 0.144 e. The number of benzene rings is 2. The van der Waals surface area contributed by atoms with Crippen LogP contribution < -0.4 is 5.73 Å². The van der Waals surface area contributed by atoms with Crippen molar-refractivity contribution in [3.8, 4) is 0 Å². The predicted octanol–water partition coefficient (Wildman–Crippen LogP) is 3.76. The van der Waals surface area contributed by atoms with Gasteiger partial charge in [-0.05, 0) is 46.3 Å². The fourth-order valence-corrected chi connectivity index (χ4v) is 3.23. The minimum Gasteiger partial charge on any atom is -0.398 e. The summed E-state index contributed by atoms with van der Waals surface area (Å²) in [6.07, 6.45) is 0. The molecule has 2 aromatic carbocycles. The Morgan fingerprint density at radius 3 is 2.50 bits per heavy atom. The first-order valence-corrected chi connectivity index (χ1v) is 7.57. The largest absolute Gasteiger partial charge is 0.398 e. The molecule has 0 spiro atoms. The zero-order valence-corrected chi connectivity index (χ0v) is 12.4. The molecule has 2 nitrogen and oxygen atoms in total. The third-order valence-corrected chi connectivity index (χ3v) is 4.66. The molecule has 1 atom stereocenters. The maximum atomic E-state index is 13.8. The number of nitrogen functional groups attached to an aromatic ring is 1. The van der Waals surface area contributed by atoms with Crippen LogP contribution in [0, 0.1) is 17.5 Å². The highest BCUT2D eigenvalue weighted by atomic mass is 79.9. The first-order chi connectivity index (χ1) is 9.40. The van der Waals surface area contributed by atoms with Gasteiger partial charge in [-0.3, -0.25) is 4.21 Å². The van der Waals surface area contributed by atoms with Crippen molar-refractivity contribution >= 4 is 32.4 Å². The van der Waals surface area contributed by atoms with Crippen molar-refractivity contribution in [2.24, 2.45) is 0 Å². The minimum atomic E-state index is -1.78. The van der Waals surface area contributed by atoms with Crippen LogP contribution >= 0.6 is 15.9 Å². The van der Waals surface area contributed by atoms with Crippen LogP contribution in [0.15, 0.2) is 39.7 Å². The van der Waals surface area contributed by atoms with Crippen molar-refractivity contribution in [2.75, 3.05) is 5.73 Å². The maximum Gasteiger partial charge on any atom is 0.144 e. The van der Waals surface area contributed by atoms with Gasteiger partial charge in [0, 0.05) is 5.56 Å². The van der Waals surface area contributed by atoms with Crippen LogP contribution in [0.5, 0.6) is 0 Å². The highest BCUT2D eigenvalue weighted by molar-refractivity contribution is 9.10. The average Bonchev–Trinajstić information content (AvgIpc) is 2.39. The maximum absolute atomic E-state index is 13.8. The lowest BCUT2D eigenvalue weighted by molar-refractivity contribution is 0.560. The molecule has 0 amide bonds. The minimum absolute atomic E-state index is 0.0147. The average molecular weight is 364 g/mol. The highest BCUT2D eigenvalue weighted by Crippen LogP contribution is 2.26. The quantitative estimate of drug-likeness (QED) is 0.666. The molecule has 0 saturated heterocycles. The molecule has 20 heavy (non-hydrogen) atoms. The monoisotopic (exact) mass is 363 g/mol. The number of nitrogens with two attached hydrogens (primary N) is 1. The van der Waals surface area contributed by atoms with Crippen LogP contribution in [0.3, 0.4) is 0 Å². The van der Waals surface area contributed by atoms with Crippen LogP contribution in [0.4, 0.5) is 18.9 Å². The molecule has 0 radical (unpaired) electrons. The summed E-state index contributed by atoms with van der Waals surface area (Å²) in [6, 6.07) is 5.66. The summed E-state index contributed by atoms with van der Waals surface area (Å²) < 4.78 is 52.5. The van der Waals surface area contributed by atoms with E-state index >= 15 is 0 Å². The number of rotatable bonds is 3. The van der Waals surface area contributed by atoms with E-state index in [4.69, 9.17) is 5.73 Å². The molecular formula is C13H9BrF3NOS. The van der Waals surface area contributed by atoms with Gasteiger partial charge in [0.25, 0.3) is 0 Å². The molecule has 0 heterocycles. The van der Waals surface area contributed by atoms with Gasteiger partial charge in [-0.25, -0.2) is 13.2 Å². The summed E-state index contributed by atoms with van der Waals surface area (Å²) in [6.45, 7) is 0. The second-order valence-electron chi connectivity index (χ2n) is 3.99. The molecule has 0 aromatic heterocycles. The molecule has 1 unspecified atom stereocenters. The Morgan fingerprint density at radius 2 is 1.85 bits per heavy atom. The fourth-order valence-electron chi connectivity index (χ4n) is 1.64. The summed E-state index contributed by atoms with van der Waals surface area (Å²) in [5, 5.41) is 0. The first-order valence-electron chi connectivity index (χ1n) is 5.46. The summed E-state index contributed by atoms with van der Waals surface area (Å²) >= 11 is 2.94. The third kappa shape index (κ3) is 3.04. The van der Waals surface area contributed by atoms with Gasteiger partial charge >= 0.3 is 0 Å². The predicted molar refractivity (Wildman–Crippen MR) is 75.0 cm³/mol. The lowest BCUT2D eigenvalue weighted by atomic mass is 10.2. The van der Waals surface area contributed by atoms with Gasteiger partial charge in [-0.2, -0.15) is 0 Å². The van der Waals surface area contributed by atoms with Crippen LogP contribution in [-0.2, 0) is 16.6 Å². The van der Waals surface area contributed by atoms with Crippen LogP contribution in [-0.4, -0.2) is 4.21 Å². The summed E-state index contributed by atoms with van der Waals surface area (Å²) in [5.74, 6) is -2.55. The lowest BCUT2D eigenvalue weighted by Crippen LogP contribution is -2.05. The second kappa shape index (κ2) is 5.97.